The molecule has 0 spiro atoms. The number of halogens is 3. The van der Waals surface area contributed by atoms with Crippen molar-refractivity contribution in [2.24, 2.45) is 10.9 Å². The van der Waals surface area contributed by atoms with E-state index in [1.54, 1.807) is 18.3 Å². The number of aliphatic imine (C=N–C) groups is 1. The lowest BCUT2D eigenvalue weighted by atomic mass is 9.86. The van der Waals surface area contributed by atoms with E-state index in [2.05, 4.69) is 29.0 Å². The molecule has 0 aromatic heterocycles. The second kappa shape index (κ2) is 12.3. The van der Waals surface area contributed by atoms with Crippen LogP contribution in [0.25, 0.3) is 5.57 Å². The third kappa shape index (κ3) is 6.08. The Bertz CT molecular complexity index is 1400. The Morgan fingerprint density at radius 1 is 1.24 bits per heavy atom. The third-order valence-corrected chi connectivity index (χ3v) is 7.04. The zero-order valence-electron chi connectivity index (χ0n) is 21.3. The van der Waals surface area contributed by atoms with Crippen LogP contribution in [0.3, 0.4) is 0 Å². The number of carbonyl (C=O) groups is 1. The second-order valence-corrected chi connectivity index (χ2v) is 9.87. The Morgan fingerprint density at radius 2 is 2.05 bits per heavy atom. The molecule has 1 aliphatic heterocycles. The van der Waals surface area contributed by atoms with Crippen molar-refractivity contribution in [2.45, 2.75) is 45.4 Å². The van der Waals surface area contributed by atoms with Gasteiger partial charge in [-0.1, -0.05) is 35.9 Å². The van der Waals surface area contributed by atoms with Crippen LogP contribution >= 0.6 is 11.6 Å². The summed E-state index contributed by atoms with van der Waals surface area (Å²) in [7, 11) is 0. The van der Waals surface area contributed by atoms with Gasteiger partial charge in [-0.15, -0.1) is 6.58 Å². The molecule has 38 heavy (non-hydrogen) atoms. The van der Waals surface area contributed by atoms with E-state index < -0.39 is 11.6 Å². The van der Waals surface area contributed by atoms with Crippen LogP contribution in [0.15, 0.2) is 78.1 Å². The van der Waals surface area contributed by atoms with Crippen molar-refractivity contribution in [3.8, 4) is 0 Å². The minimum atomic E-state index is -1.06. The van der Waals surface area contributed by atoms with Gasteiger partial charge in [-0.3, -0.25) is 9.79 Å². The van der Waals surface area contributed by atoms with Gasteiger partial charge in [0, 0.05) is 41.1 Å². The summed E-state index contributed by atoms with van der Waals surface area (Å²) in [5.41, 5.74) is 4.90. The highest BCUT2D eigenvalue weighted by atomic mass is 35.5. The van der Waals surface area contributed by atoms with Crippen molar-refractivity contribution < 1.29 is 13.6 Å². The summed E-state index contributed by atoms with van der Waals surface area (Å²) in [6.45, 7) is 5.54. The molecule has 1 atom stereocenters. The molecule has 0 fully saturated rings. The Hall–Kier alpha value is -3.64. The summed E-state index contributed by atoms with van der Waals surface area (Å²) in [6.07, 6.45) is 13.0. The van der Waals surface area contributed by atoms with E-state index in [1.807, 2.05) is 25.1 Å². The molecule has 1 unspecified atom stereocenters. The third-order valence-electron chi connectivity index (χ3n) is 6.75. The molecule has 1 heterocycles. The first-order chi connectivity index (χ1) is 18.3. The van der Waals surface area contributed by atoms with Gasteiger partial charge in [-0.05, 0) is 80.5 Å². The van der Waals surface area contributed by atoms with Gasteiger partial charge in [0.05, 0.1) is 16.4 Å². The highest BCUT2D eigenvalue weighted by Crippen LogP contribution is 2.38. The fourth-order valence-electron chi connectivity index (χ4n) is 4.77. The topological polar surface area (TPSA) is 65.3 Å². The molecule has 4 nitrogen and oxygen atoms in total. The maximum Gasteiger partial charge on any atom is 0.178 e. The van der Waals surface area contributed by atoms with Crippen molar-refractivity contribution in [3.63, 3.8) is 0 Å². The van der Waals surface area contributed by atoms with Crippen LogP contribution < -0.4 is 5.32 Å². The number of benzene rings is 2. The first-order valence-corrected chi connectivity index (χ1v) is 13.0. The molecule has 2 aromatic carbocycles. The maximum absolute atomic E-state index is 14.8. The minimum absolute atomic E-state index is 0.0822. The quantitative estimate of drug-likeness (QED) is 0.147. The van der Waals surface area contributed by atoms with Crippen molar-refractivity contribution >= 4 is 40.1 Å². The van der Waals surface area contributed by atoms with Gasteiger partial charge >= 0.3 is 0 Å². The van der Waals surface area contributed by atoms with Gasteiger partial charge in [0.25, 0.3) is 0 Å². The van der Waals surface area contributed by atoms with Crippen molar-refractivity contribution in [1.29, 1.82) is 5.41 Å². The summed E-state index contributed by atoms with van der Waals surface area (Å²) in [4.78, 5) is 17.4. The number of anilines is 1. The number of fused-ring (bicyclic) bond motifs is 1. The largest absolute Gasteiger partial charge is 0.354 e. The second-order valence-electron chi connectivity index (χ2n) is 9.46. The zero-order chi connectivity index (χ0) is 27.2. The Balaban J connectivity index is 1.56. The number of carbonyl (C=O) groups excluding carboxylic acids is 1. The van der Waals surface area contributed by atoms with Crippen LogP contribution in [0.2, 0.25) is 5.02 Å². The molecular weight excluding hydrogens is 504 g/mol. The minimum Gasteiger partial charge on any atom is -0.354 e. The molecule has 2 N–H and O–H groups in total. The Labute approximate surface area is 227 Å². The standard InChI is InChI=1S/C31H30ClF2N3O/c1-3-4-9-20(35)17-28(38)22-13-12-21(16-19(22)2)37-27-11-8-6-5-7-10-24-25(18-36-31(24)27)23-14-15-26(32)30(34)29(23)33/h3,5-6,11-16,18,24,35,37H,1,4,7-10,17H2,2H3/b6-5-,27-11-,35-20?. The van der Waals surface area contributed by atoms with Crippen molar-refractivity contribution in [1.82, 2.24) is 0 Å². The first-order valence-electron chi connectivity index (χ1n) is 12.6. The fourth-order valence-corrected chi connectivity index (χ4v) is 4.91. The number of allylic oxidation sites excluding steroid dienone is 6. The highest BCUT2D eigenvalue weighted by Gasteiger charge is 2.31. The molecule has 2 aliphatic rings. The zero-order valence-corrected chi connectivity index (χ0v) is 22.0. The van der Waals surface area contributed by atoms with Crippen LogP contribution in [0.5, 0.6) is 0 Å². The van der Waals surface area contributed by atoms with E-state index in [-0.39, 0.29) is 28.7 Å². The first kappa shape index (κ1) is 27.4. The Morgan fingerprint density at radius 3 is 2.82 bits per heavy atom. The fraction of sp³-hybridized carbons (Fsp3) is 0.258. The molecule has 4 rings (SSSR count). The molecule has 7 heteroatoms. The lowest BCUT2D eigenvalue weighted by Gasteiger charge is -2.21. The molecule has 196 valence electrons. The van der Waals surface area contributed by atoms with Gasteiger partial charge in [0.1, 0.15) is 0 Å². The average Bonchev–Trinajstić information content (AvgIpc) is 3.33. The number of nitrogens with one attached hydrogen (secondary N) is 2. The van der Waals surface area contributed by atoms with Crippen LogP contribution in [-0.2, 0) is 0 Å². The van der Waals surface area contributed by atoms with E-state index in [4.69, 9.17) is 17.0 Å². The molecule has 2 aromatic rings. The molecule has 0 saturated heterocycles. The van der Waals surface area contributed by atoms with E-state index in [0.29, 0.717) is 42.5 Å². The van der Waals surface area contributed by atoms with Gasteiger partial charge in [-0.2, -0.15) is 0 Å². The smallest absolute Gasteiger partial charge is 0.178 e. The highest BCUT2D eigenvalue weighted by molar-refractivity contribution is 6.30. The number of ketones is 1. The summed E-state index contributed by atoms with van der Waals surface area (Å²) < 4.78 is 29.1. The maximum atomic E-state index is 14.8. The predicted octanol–water partition coefficient (Wildman–Crippen LogP) is 8.63. The van der Waals surface area contributed by atoms with Crippen molar-refractivity contribution in [3.05, 3.63) is 106 Å². The van der Waals surface area contributed by atoms with Crippen molar-refractivity contribution in [2.75, 3.05) is 5.32 Å². The van der Waals surface area contributed by atoms with Crippen LogP contribution in [0, 0.1) is 29.9 Å². The predicted molar refractivity (Wildman–Crippen MR) is 152 cm³/mol. The van der Waals surface area contributed by atoms with Gasteiger partial charge in [0.2, 0.25) is 0 Å². The molecule has 0 bridgehead atoms. The summed E-state index contributed by atoms with van der Waals surface area (Å²) in [5.74, 6) is -2.34. The number of hydrogen-bond donors (Lipinski definition) is 2. The monoisotopic (exact) mass is 533 g/mol. The number of aryl methyl sites for hydroxylation is 1. The van der Waals surface area contributed by atoms with Crippen LogP contribution in [0.1, 0.15) is 60.0 Å². The summed E-state index contributed by atoms with van der Waals surface area (Å²) in [6, 6.07) is 8.38. The number of rotatable bonds is 9. The lowest BCUT2D eigenvalue weighted by Crippen LogP contribution is -2.20. The van der Waals surface area contributed by atoms with Crippen LogP contribution in [0.4, 0.5) is 14.5 Å². The van der Waals surface area contributed by atoms with E-state index in [9.17, 15) is 13.6 Å². The van der Waals surface area contributed by atoms with Gasteiger partial charge in [0.15, 0.2) is 17.4 Å². The molecule has 0 radical (unpaired) electrons. The normalized spacial score (nSPS) is 19.1. The lowest BCUT2D eigenvalue weighted by molar-refractivity contribution is 0.0999. The Kier molecular flexibility index (Phi) is 8.85. The van der Waals surface area contributed by atoms with E-state index >= 15 is 0 Å². The summed E-state index contributed by atoms with van der Waals surface area (Å²) in [5, 5.41) is 11.2. The SMILES string of the molecule is C=CCCC(=N)CC(=O)c1ccc(N/C2=C\C/C=C\CCC3C(c4ccc(Cl)c(F)c4F)=CN=C23)cc1C. The van der Waals surface area contributed by atoms with Crippen LogP contribution in [-0.4, -0.2) is 17.2 Å². The molecule has 0 saturated carbocycles. The van der Waals surface area contributed by atoms with E-state index in [0.717, 1.165) is 29.1 Å². The molecule has 0 amide bonds. The summed E-state index contributed by atoms with van der Waals surface area (Å²) >= 11 is 5.77. The number of Topliss-reactive ketones (excluding diaryl/α,β-unsaturated/α-hetero) is 1. The number of nitrogens with zero attached hydrogens (tertiary/aromatic N) is 1. The van der Waals surface area contributed by atoms with Gasteiger partial charge in [-0.25, -0.2) is 8.78 Å². The number of hydrogen-bond acceptors (Lipinski definition) is 4. The van der Waals surface area contributed by atoms with Gasteiger partial charge < -0.3 is 10.7 Å². The average molecular weight is 534 g/mol. The van der Waals surface area contributed by atoms with E-state index in [1.165, 1.54) is 12.1 Å². The molecular formula is C31H30ClF2N3O. The molecule has 1 aliphatic carbocycles.